The lowest BCUT2D eigenvalue weighted by Gasteiger charge is -2.38. The number of carbonyl (C=O) groups is 1. The molecule has 2 heterocycles. The Hall–Kier alpha value is -2.89. The van der Waals surface area contributed by atoms with E-state index in [1.165, 1.54) is 6.07 Å². The summed E-state index contributed by atoms with van der Waals surface area (Å²) in [5, 5.41) is 32.1. The predicted octanol–water partition coefficient (Wildman–Crippen LogP) is 7.01. The van der Waals surface area contributed by atoms with Gasteiger partial charge in [-0.2, -0.15) is 0 Å². The molecule has 2 atom stereocenters. The molecule has 0 bridgehead atoms. The van der Waals surface area contributed by atoms with Gasteiger partial charge < -0.3 is 24.8 Å². The number of ketones is 1. The molecular weight excluding hydrogens is 456 g/mol. The molecule has 0 fully saturated rings. The van der Waals surface area contributed by atoms with Crippen LogP contribution in [0.25, 0.3) is 0 Å². The lowest BCUT2D eigenvalue weighted by molar-refractivity contribution is 0.0479. The van der Waals surface area contributed by atoms with Crippen LogP contribution >= 0.6 is 0 Å². The van der Waals surface area contributed by atoms with Gasteiger partial charge in [-0.05, 0) is 68.9 Å². The molecule has 4 rings (SSSR count). The molecule has 196 valence electrons. The van der Waals surface area contributed by atoms with E-state index >= 15 is 0 Å². The molecular formula is C30H40O6. The molecule has 36 heavy (non-hydrogen) atoms. The monoisotopic (exact) mass is 496 g/mol. The molecule has 3 N–H and O–H groups in total. The first-order valence-corrected chi connectivity index (χ1v) is 13.3. The number of hydrogen-bond donors (Lipinski definition) is 3. The highest BCUT2D eigenvalue weighted by molar-refractivity contribution is 6.03. The van der Waals surface area contributed by atoms with Crippen molar-refractivity contribution in [2.45, 2.75) is 97.7 Å². The van der Waals surface area contributed by atoms with Crippen LogP contribution in [0.2, 0.25) is 0 Å². The van der Waals surface area contributed by atoms with E-state index in [1.54, 1.807) is 12.1 Å². The maximum absolute atomic E-state index is 13.2. The Morgan fingerprint density at radius 3 is 2.47 bits per heavy atom. The van der Waals surface area contributed by atoms with E-state index in [4.69, 9.17) is 9.47 Å². The van der Waals surface area contributed by atoms with E-state index in [2.05, 4.69) is 34.6 Å². The zero-order valence-electron chi connectivity index (χ0n) is 22.2. The van der Waals surface area contributed by atoms with Crippen LogP contribution in [0.1, 0.15) is 106 Å². The fourth-order valence-electron chi connectivity index (χ4n) is 5.40. The SMILES string of the molecule is CC(C)CCC[C@@]1(C)CCc2c([C@@H]3CC(=O)c4c(cc(O)c(CCC(C)C)c4O)O3)ccc(O)c2O1. The largest absolute Gasteiger partial charge is 0.507 e. The Morgan fingerprint density at radius 2 is 1.78 bits per heavy atom. The van der Waals surface area contributed by atoms with Crippen LogP contribution in [0, 0.1) is 11.8 Å². The summed E-state index contributed by atoms with van der Waals surface area (Å²) in [6, 6.07) is 4.84. The van der Waals surface area contributed by atoms with E-state index in [9.17, 15) is 20.1 Å². The lowest BCUT2D eigenvalue weighted by Crippen LogP contribution is -2.37. The molecule has 0 amide bonds. The van der Waals surface area contributed by atoms with Crippen LogP contribution in [0.3, 0.4) is 0 Å². The minimum atomic E-state index is -0.589. The number of aromatic hydroxyl groups is 3. The van der Waals surface area contributed by atoms with Crippen LogP contribution in [0.15, 0.2) is 18.2 Å². The first-order valence-electron chi connectivity index (χ1n) is 13.3. The van der Waals surface area contributed by atoms with Crippen molar-refractivity contribution < 1.29 is 29.6 Å². The Labute approximate surface area is 214 Å². The number of fused-ring (bicyclic) bond motifs is 2. The number of hydrogen-bond acceptors (Lipinski definition) is 6. The average Bonchev–Trinajstić information content (AvgIpc) is 2.78. The minimum Gasteiger partial charge on any atom is -0.507 e. The van der Waals surface area contributed by atoms with Gasteiger partial charge in [0.15, 0.2) is 17.3 Å². The quantitative estimate of drug-likeness (QED) is 0.364. The number of Topliss-reactive ketones (excluding diaryl/α,β-unsaturated/α-hetero) is 1. The number of benzene rings is 2. The summed E-state index contributed by atoms with van der Waals surface area (Å²) in [6.07, 6.45) is 5.38. The number of ether oxygens (including phenoxy) is 2. The maximum Gasteiger partial charge on any atom is 0.174 e. The zero-order chi connectivity index (χ0) is 26.2. The highest BCUT2D eigenvalue weighted by Gasteiger charge is 2.38. The van der Waals surface area contributed by atoms with Crippen molar-refractivity contribution in [1.82, 2.24) is 0 Å². The minimum absolute atomic E-state index is 0.0615. The molecule has 2 aliphatic heterocycles. The van der Waals surface area contributed by atoms with Gasteiger partial charge in [-0.1, -0.05) is 40.2 Å². The van der Waals surface area contributed by atoms with E-state index < -0.39 is 6.10 Å². The van der Waals surface area contributed by atoms with Crippen LogP contribution < -0.4 is 9.47 Å². The van der Waals surface area contributed by atoms with Gasteiger partial charge in [0.05, 0.1) is 6.42 Å². The fourth-order valence-corrected chi connectivity index (χ4v) is 5.40. The summed E-state index contributed by atoms with van der Waals surface area (Å²) < 4.78 is 12.6. The molecule has 6 heteroatoms. The summed E-state index contributed by atoms with van der Waals surface area (Å²) in [5.74, 6) is 1.34. The van der Waals surface area contributed by atoms with Crippen molar-refractivity contribution >= 4 is 5.78 Å². The van der Waals surface area contributed by atoms with E-state index in [-0.39, 0.29) is 46.4 Å². The topological polar surface area (TPSA) is 96.2 Å². The summed E-state index contributed by atoms with van der Waals surface area (Å²) in [5.41, 5.74) is 1.85. The van der Waals surface area contributed by atoms with Crippen LogP contribution in [-0.4, -0.2) is 26.7 Å². The summed E-state index contributed by atoms with van der Waals surface area (Å²) >= 11 is 0. The number of rotatable bonds is 8. The van der Waals surface area contributed by atoms with Gasteiger partial charge in [0.2, 0.25) is 0 Å². The molecule has 2 aliphatic rings. The Bertz CT molecular complexity index is 1130. The van der Waals surface area contributed by atoms with Gasteiger partial charge in [0.25, 0.3) is 0 Å². The molecule has 6 nitrogen and oxygen atoms in total. The molecule has 0 spiro atoms. The van der Waals surface area contributed by atoms with Crippen molar-refractivity contribution in [1.29, 1.82) is 0 Å². The molecule has 0 saturated carbocycles. The molecule has 0 aromatic heterocycles. The first kappa shape index (κ1) is 26.2. The Balaban J connectivity index is 1.61. The normalized spacial score (nSPS) is 21.2. The summed E-state index contributed by atoms with van der Waals surface area (Å²) in [4.78, 5) is 13.2. The second kappa shape index (κ2) is 10.2. The van der Waals surface area contributed by atoms with E-state index in [0.717, 1.165) is 43.2 Å². The van der Waals surface area contributed by atoms with Crippen molar-refractivity contribution in [2.75, 3.05) is 0 Å². The number of phenolic OH excluding ortho intramolecular Hbond substituents is 3. The van der Waals surface area contributed by atoms with Crippen LogP contribution in [-0.2, 0) is 12.8 Å². The number of phenols is 3. The van der Waals surface area contributed by atoms with E-state index in [1.807, 2.05) is 0 Å². The van der Waals surface area contributed by atoms with Gasteiger partial charge in [-0.15, -0.1) is 0 Å². The molecule has 0 saturated heterocycles. The lowest BCUT2D eigenvalue weighted by atomic mass is 9.83. The third kappa shape index (κ3) is 5.28. The van der Waals surface area contributed by atoms with Gasteiger partial charge in [0, 0.05) is 17.2 Å². The van der Waals surface area contributed by atoms with Crippen molar-refractivity contribution in [3.05, 3.63) is 40.5 Å². The second-order valence-corrected chi connectivity index (χ2v) is 11.6. The first-order chi connectivity index (χ1) is 17.0. The van der Waals surface area contributed by atoms with Crippen molar-refractivity contribution in [2.24, 2.45) is 11.8 Å². The van der Waals surface area contributed by atoms with Crippen LogP contribution in [0.4, 0.5) is 0 Å². The third-order valence-corrected chi connectivity index (χ3v) is 7.60. The van der Waals surface area contributed by atoms with Crippen molar-refractivity contribution in [3.8, 4) is 28.7 Å². The fraction of sp³-hybridized carbons (Fsp3) is 0.567. The zero-order valence-corrected chi connectivity index (χ0v) is 22.2. The smallest absolute Gasteiger partial charge is 0.174 e. The van der Waals surface area contributed by atoms with E-state index in [0.29, 0.717) is 36.0 Å². The van der Waals surface area contributed by atoms with Gasteiger partial charge >= 0.3 is 0 Å². The Morgan fingerprint density at radius 1 is 1.06 bits per heavy atom. The van der Waals surface area contributed by atoms with Gasteiger partial charge in [-0.25, -0.2) is 0 Å². The Kier molecular flexibility index (Phi) is 7.44. The predicted molar refractivity (Wildman–Crippen MR) is 139 cm³/mol. The molecule has 0 aliphatic carbocycles. The van der Waals surface area contributed by atoms with Gasteiger partial charge in [0.1, 0.15) is 34.5 Å². The third-order valence-electron chi connectivity index (χ3n) is 7.60. The molecule has 0 unspecified atom stereocenters. The summed E-state index contributed by atoms with van der Waals surface area (Å²) in [6.45, 7) is 10.7. The summed E-state index contributed by atoms with van der Waals surface area (Å²) in [7, 11) is 0. The van der Waals surface area contributed by atoms with Crippen LogP contribution in [0.5, 0.6) is 28.7 Å². The highest BCUT2D eigenvalue weighted by atomic mass is 16.5. The maximum atomic E-state index is 13.2. The highest BCUT2D eigenvalue weighted by Crippen LogP contribution is 2.49. The molecule has 2 aromatic rings. The second-order valence-electron chi connectivity index (χ2n) is 11.6. The van der Waals surface area contributed by atoms with Crippen molar-refractivity contribution in [3.63, 3.8) is 0 Å². The standard InChI is InChI=1S/C30H40O6/c1-17(2)7-6-13-30(5)14-12-20-19(10-11-22(31)29(20)36-30)25-16-24(33)27-26(35-25)15-23(32)21(28(27)34)9-8-18(3)4/h10-11,15,17-18,25,31-32,34H,6-9,12-14,16H2,1-5H3/t25-,30-/m0/s1. The average molecular weight is 497 g/mol. The molecule has 2 aromatic carbocycles. The number of carbonyl (C=O) groups excluding carboxylic acids is 1. The molecule has 0 radical (unpaired) electrons. The van der Waals surface area contributed by atoms with Gasteiger partial charge in [-0.3, -0.25) is 4.79 Å².